The predicted molar refractivity (Wildman–Crippen MR) is 44.6 cm³/mol. The van der Waals surface area contributed by atoms with Gasteiger partial charge in [0.2, 0.25) is 0 Å². The monoisotopic (exact) mass is 190 g/mol. The number of rotatable bonds is 6. The minimum absolute atomic E-state index is 0.136. The minimum atomic E-state index is -0.467. The molecule has 0 rings (SSSR count). The first-order chi connectivity index (χ1) is 6.20. The fraction of sp³-hybridized carbons (Fsp3) is 0.714. The minimum Gasteiger partial charge on any atom is -0.465 e. The molecule has 0 aliphatic heterocycles. The van der Waals surface area contributed by atoms with Gasteiger partial charge in [-0.3, -0.25) is 9.59 Å². The van der Waals surface area contributed by atoms with E-state index in [1.165, 1.54) is 0 Å². The highest BCUT2D eigenvalue weighted by Gasteiger charge is 2.00. The summed E-state index contributed by atoms with van der Waals surface area (Å²) in [5.74, 6) is -0.935. The molecule has 13 heavy (non-hydrogen) atoms. The van der Waals surface area contributed by atoms with Gasteiger partial charge >= 0.3 is 11.9 Å². The molecule has 0 saturated heterocycles. The third-order valence-electron chi connectivity index (χ3n) is 1.15. The molecular weight excluding hydrogens is 176 g/mol. The Labute approximate surface area is 76.2 Å². The molecule has 0 aliphatic rings. The van der Waals surface area contributed by atoms with Crippen LogP contribution in [-0.2, 0) is 19.1 Å². The number of carbonyl (C=O) groups excluding carboxylic acids is 2. The summed E-state index contributed by atoms with van der Waals surface area (Å²) in [6, 6.07) is 0. The Bertz CT molecular complexity index is 154. The number of esters is 2. The molecule has 0 spiro atoms. The summed E-state index contributed by atoms with van der Waals surface area (Å²) >= 11 is 0. The van der Waals surface area contributed by atoms with Gasteiger partial charge < -0.3 is 20.9 Å². The number of hydrogen-bond donors (Lipinski definition) is 2. The van der Waals surface area contributed by atoms with Crippen LogP contribution in [0.2, 0.25) is 0 Å². The molecule has 0 unspecified atom stereocenters. The maximum Gasteiger partial charge on any atom is 0.319 e. The van der Waals surface area contributed by atoms with E-state index in [9.17, 15) is 9.59 Å². The first kappa shape index (κ1) is 11.9. The van der Waals surface area contributed by atoms with Crippen molar-refractivity contribution in [2.45, 2.75) is 6.42 Å². The van der Waals surface area contributed by atoms with E-state index in [4.69, 9.17) is 11.5 Å². The summed E-state index contributed by atoms with van der Waals surface area (Å²) in [4.78, 5) is 21.0. The molecular formula is C7H14N2O4. The van der Waals surface area contributed by atoms with Crippen molar-refractivity contribution in [1.82, 2.24) is 0 Å². The molecule has 0 saturated carbocycles. The van der Waals surface area contributed by atoms with Crippen molar-refractivity contribution in [3.05, 3.63) is 0 Å². The molecule has 0 aromatic heterocycles. The summed E-state index contributed by atoms with van der Waals surface area (Å²) in [6.07, 6.45) is 0.456. The van der Waals surface area contributed by atoms with Gasteiger partial charge in [0.25, 0.3) is 0 Å². The van der Waals surface area contributed by atoms with Gasteiger partial charge in [-0.25, -0.2) is 0 Å². The van der Waals surface area contributed by atoms with Crippen molar-refractivity contribution < 1.29 is 19.1 Å². The van der Waals surface area contributed by atoms with Gasteiger partial charge in [0, 0.05) is 6.42 Å². The summed E-state index contributed by atoms with van der Waals surface area (Å²) in [5, 5.41) is 0. The maximum absolute atomic E-state index is 10.5. The van der Waals surface area contributed by atoms with E-state index in [-0.39, 0.29) is 26.3 Å². The summed E-state index contributed by atoms with van der Waals surface area (Å²) in [5.41, 5.74) is 9.96. The van der Waals surface area contributed by atoms with Crippen molar-refractivity contribution in [2.75, 3.05) is 26.3 Å². The summed E-state index contributed by atoms with van der Waals surface area (Å²) < 4.78 is 9.24. The smallest absolute Gasteiger partial charge is 0.319 e. The second-order valence-electron chi connectivity index (χ2n) is 2.20. The molecule has 6 heteroatoms. The van der Waals surface area contributed by atoms with Gasteiger partial charge in [-0.05, 0) is 0 Å². The van der Waals surface area contributed by atoms with Crippen LogP contribution in [-0.4, -0.2) is 38.2 Å². The van der Waals surface area contributed by atoms with E-state index in [1.54, 1.807) is 0 Å². The van der Waals surface area contributed by atoms with Gasteiger partial charge in [0.05, 0.1) is 26.3 Å². The van der Waals surface area contributed by atoms with Crippen LogP contribution in [0.15, 0.2) is 0 Å². The maximum atomic E-state index is 10.5. The fourth-order valence-corrected chi connectivity index (χ4v) is 0.549. The van der Waals surface area contributed by atoms with Gasteiger partial charge in [-0.15, -0.1) is 0 Å². The number of carbonyl (C=O) groups is 2. The Hall–Kier alpha value is -1.14. The Morgan fingerprint density at radius 2 is 1.31 bits per heavy atom. The van der Waals surface area contributed by atoms with Crippen LogP contribution in [0, 0.1) is 0 Å². The lowest BCUT2D eigenvalue weighted by Crippen LogP contribution is -2.20. The molecule has 4 N–H and O–H groups in total. The zero-order valence-electron chi connectivity index (χ0n) is 7.32. The Kier molecular flexibility index (Phi) is 6.85. The van der Waals surface area contributed by atoms with E-state index < -0.39 is 11.9 Å². The van der Waals surface area contributed by atoms with Gasteiger partial charge in [-0.2, -0.15) is 0 Å². The molecule has 6 nitrogen and oxygen atoms in total. The SMILES string of the molecule is NCC(=O)OCCCOC(=O)CN. The van der Waals surface area contributed by atoms with Gasteiger partial charge in [0.15, 0.2) is 0 Å². The highest BCUT2D eigenvalue weighted by molar-refractivity contribution is 5.71. The van der Waals surface area contributed by atoms with Gasteiger partial charge in [-0.1, -0.05) is 0 Å². The molecule has 0 aromatic rings. The molecule has 0 bridgehead atoms. The molecule has 0 atom stereocenters. The zero-order chi connectivity index (χ0) is 10.1. The lowest BCUT2D eigenvalue weighted by atomic mass is 10.5. The number of hydrogen-bond acceptors (Lipinski definition) is 6. The third kappa shape index (κ3) is 7.23. The topological polar surface area (TPSA) is 105 Å². The van der Waals surface area contributed by atoms with Crippen molar-refractivity contribution in [3.8, 4) is 0 Å². The highest BCUT2D eigenvalue weighted by Crippen LogP contribution is 1.85. The Morgan fingerprint density at radius 1 is 0.923 bits per heavy atom. The second kappa shape index (κ2) is 7.51. The molecule has 0 aliphatic carbocycles. The van der Waals surface area contributed by atoms with Crippen LogP contribution in [0.5, 0.6) is 0 Å². The van der Waals surface area contributed by atoms with Crippen LogP contribution in [0.25, 0.3) is 0 Å². The highest BCUT2D eigenvalue weighted by atomic mass is 16.5. The Balaban J connectivity index is 3.17. The lowest BCUT2D eigenvalue weighted by Gasteiger charge is -2.03. The number of ether oxygens (including phenoxy) is 2. The van der Waals surface area contributed by atoms with Crippen molar-refractivity contribution in [2.24, 2.45) is 11.5 Å². The first-order valence-corrected chi connectivity index (χ1v) is 3.92. The fourth-order valence-electron chi connectivity index (χ4n) is 0.549. The first-order valence-electron chi connectivity index (χ1n) is 3.92. The average molecular weight is 190 g/mol. The van der Waals surface area contributed by atoms with Crippen molar-refractivity contribution >= 4 is 11.9 Å². The van der Waals surface area contributed by atoms with Crippen LogP contribution in [0.3, 0.4) is 0 Å². The molecule has 0 amide bonds. The molecule has 0 radical (unpaired) electrons. The van der Waals surface area contributed by atoms with Crippen LogP contribution >= 0.6 is 0 Å². The molecule has 0 heterocycles. The third-order valence-corrected chi connectivity index (χ3v) is 1.15. The Morgan fingerprint density at radius 3 is 1.62 bits per heavy atom. The quantitative estimate of drug-likeness (QED) is 0.385. The largest absolute Gasteiger partial charge is 0.465 e. The predicted octanol–water partition coefficient (Wildman–Crippen LogP) is -1.62. The molecule has 0 aromatic carbocycles. The van der Waals surface area contributed by atoms with E-state index in [2.05, 4.69) is 9.47 Å². The summed E-state index contributed by atoms with van der Waals surface area (Å²) in [7, 11) is 0. The van der Waals surface area contributed by atoms with Crippen LogP contribution in [0.4, 0.5) is 0 Å². The second-order valence-corrected chi connectivity index (χ2v) is 2.20. The van der Waals surface area contributed by atoms with E-state index in [0.29, 0.717) is 6.42 Å². The zero-order valence-corrected chi connectivity index (χ0v) is 7.32. The molecule has 0 fully saturated rings. The average Bonchev–Trinajstić information content (AvgIpc) is 2.16. The number of nitrogens with two attached hydrogens (primary N) is 2. The van der Waals surface area contributed by atoms with Crippen molar-refractivity contribution in [1.29, 1.82) is 0 Å². The van der Waals surface area contributed by atoms with Crippen LogP contribution < -0.4 is 11.5 Å². The van der Waals surface area contributed by atoms with E-state index in [0.717, 1.165) is 0 Å². The summed E-state index contributed by atoms with van der Waals surface area (Å²) in [6.45, 7) is 0.132. The standard InChI is InChI=1S/C7H14N2O4/c8-4-6(10)12-2-1-3-13-7(11)5-9/h1-5,8-9H2. The lowest BCUT2D eigenvalue weighted by molar-refractivity contribution is -0.144. The van der Waals surface area contributed by atoms with E-state index in [1.807, 2.05) is 0 Å². The van der Waals surface area contributed by atoms with Gasteiger partial charge in [0.1, 0.15) is 0 Å². The molecule has 76 valence electrons. The van der Waals surface area contributed by atoms with Crippen LogP contribution in [0.1, 0.15) is 6.42 Å². The van der Waals surface area contributed by atoms with Crippen molar-refractivity contribution in [3.63, 3.8) is 0 Å². The normalized spacial score (nSPS) is 9.38. The van der Waals surface area contributed by atoms with E-state index >= 15 is 0 Å².